The first-order chi connectivity index (χ1) is 21.4. The highest BCUT2D eigenvalue weighted by Gasteiger charge is 2.19. The third kappa shape index (κ3) is 27.6. The van der Waals surface area contributed by atoms with Crippen LogP contribution in [-0.4, -0.2) is 88.6 Å². The molecule has 0 aromatic carbocycles. The summed E-state index contributed by atoms with van der Waals surface area (Å²) in [5, 5.41) is 0. The van der Waals surface area contributed by atoms with Gasteiger partial charge in [-0.25, -0.2) is 4.79 Å². The normalized spacial score (nSPS) is 12.0. The van der Waals surface area contributed by atoms with E-state index in [1.54, 1.807) is 0 Å². The Labute approximate surface area is 268 Å². The molecule has 0 heterocycles. The van der Waals surface area contributed by atoms with E-state index in [1.165, 1.54) is 58.3 Å². The average molecular weight is 632 g/mol. The molecule has 0 spiro atoms. The molecule has 10 nitrogen and oxygen atoms in total. The maximum atomic E-state index is 12.6. The molecule has 260 valence electrons. The van der Waals surface area contributed by atoms with E-state index < -0.39 is 30.3 Å². The van der Waals surface area contributed by atoms with E-state index in [2.05, 4.69) is 32.6 Å². The third-order valence-corrected chi connectivity index (χ3v) is 7.36. The molecule has 0 amide bonds. The lowest BCUT2D eigenvalue weighted by atomic mass is 10.1. The smallest absolute Gasteiger partial charge is 0.465 e. The number of ether oxygens (including phenoxy) is 6. The Morgan fingerprint density at radius 1 is 0.591 bits per heavy atom. The van der Waals surface area contributed by atoms with Crippen molar-refractivity contribution in [2.75, 3.05) is 59.3 Å². The second-order valence-corrected chi connectivity index (χ2v) is 11.4. The maximum absolute atomic E-state index is 12.6. The largest absolute Gasteiger partial charge is 0.508 e. The van der Waals surface area contributed by atoms with Gasteiger partial charge in [-0.15, -0.1) is 0 Å². The molecule has 0 bridgehead atoms. The second-order valence-electron chi connectivity index (χ2n) is 11.4. The van der Waals surface area contributed by atoms with E-state index in [9.17, 15) is 14.4 Å². The summed E-state index contributed by atoms with van der Waals surface area (Å²) in [7, 11) is 0. The van der Waals surface area contributed by atoms with Crippen molar-refractivity contribution in [3.05, 3.63) is 0 Å². The molecule has 0 N–H and O–H groups in total. The van der Waals surface area contributed by atoms with Crippen LogP contribution in [0.1, 0.15) is 131 Å². The predicted molar refractivity (Wildman–Crippen MR) is 172 cm³/mol. The van der Waals surface area contributed by atoms with Crippen LogP contribution in [0.5, 0.6) is 0 Å². The van der Waals surface area contributed by atoms with Gasteiger partial charge in [0.2, 0.25) is 0 Å². The molecule has 0 aliphatic heterocycles. The van der Waals surface area contributed by atoms with Crippen LogP contribution in [-0.2, 0) is 38.0 Å². The molecule has 0 rings (SSSR count). The summed E-state index contributed by atoms with van der Waals surface area (Å²) < 4.78 is 32.9. The Morgan fingerprint density at radius 2 is 1.11 bits per heavy atom. The molecular weight excluding hydrogens is 566 g/mol. The lowest BCUT2D eigenvalue weighted by molar-refractivity contribution is -0.161. The molecule has 10 heteroatoms. The minimum Gasteiger partial charge on any atom is -0.465 e. The standard InChI is InChI=1S/C34H65NO9/c1-6-10-12-14-16-18-24-39-33(40-25-19-17-15-13-11-7-2)22-21-32(37)43-28-31(27-42-30(5)36)29-44-34(38)41-26-20-23-35(8-3)9-4/h31,33H,6-29H2,1-5H3. The molecule has 0 radical (unpaired) electrons. The van der Waals surface area contributed by atoms with Gasteiger partial charge >= 0.3 is 18.1 Å². The first kappa shape index (κ1) is 42.1. The van der Waals surface area contributed by atoms with Gasteiger partial charge in [-0.2, -0.15) is 0 Å². The zero-order valence-electron chi connectivity index (χ0n) is 28.7. The van der Waals surface area contributed by atoms with Gasteiger partial charge in [0.1, 0.15) is 19.8 Å². The van der Waals surface area contributed by atoms with Crippen molar-refractivity contribution in [3.63, 3.8) is 0 Å². The Morgan fingerprint density at radius 3 is 1.66 bits per heavy atom. The van der Waals surface area contributed by atoms with Crippen molar-refractivity contribution in [1.82, 2.24) is 4.90 Å². The molecule has 1 atom stereocenters. The summed E-state index contributed by atoms with van der Waals surface area (Å²) in [5.74, 6) is -1.38. The lowest BCUT2D eigenvalue weighted by Crippen LogP contribution is -2.27. The molecule has 0 fully saturated rings. The van der Waals surface area contributed by atoms with Crippen LogP contribution in [0.2, 0.25) is 0 Å². The molecule has 44 heavy (non-hydrogen) atoms. The number of hydrogen-bond donors (Lipinski definition) is 0. The Kier molecular flexibility index (Phi) is 29.7. The van der Waals surface area contributed by atoms with Crippen molar-refractivity contribution in [2.24, 2.45) is 5.92 Å². The number of esters is 2. The van der Waals surface area contributed by atoms with E-state index in [0.717, 1.165) is 45.3 Å². The molecule has 0 saturated carbocycles. The topological polar surface area (TPSA) is 110 Å². The summed E-state index contributed by atoms with van der Waals surface area (Å²) in [5.41, 5.74) is 0. The Bertz CT molecular complexity index is 670. The zero-order valence-corrected chi connectivity index (χ0v) is 28.7. The summed E-state index contributed by atoms with van der Waals surface area (Å²) in [6.45, 7) is 13.9. The van der Waals surface area contributed by atoms with E-state index in [4.69, 9.17) is 28.4 Å². The molecule has 0 saturated heterocycles. The van der Waals surface area contributed by atoms with Crippen molar-refractivity contribution in [1.29, 1.82) is 0 Å². The summed E-state index contributed by atoms with van der Waals surface area (Å²) in [6, 6.07) is 0. The van der Waals surface area contributed by atoms with Crippen LogP contribution < -0.4 is 0 Å². The Hall–Kier alpha value is -1.91. The minimum absolute atomic E-state index is 0.0385. The van der Waals surface area contributed by atoms with Gasteiger partial charge in [-0.1, -0.05) is 91.9 Å². The van der Waals surface area contributed by atoms with Crippen LogP contribution >= 0.6 is 0 Å². The molecule has 0 aliphatic rings. The Balaban J connectivity index is 4.59. The number of hydrogen-bond acceptors (Lipinski definition) is 10. The predicted octanol–water partition coefficient (Wildman–Crippen LogP) is 7.45. The van der Waals surface area contributed by atoms with Crippen LogP contribution in [0.25, 0.3) is 0 Å². The molecule has 0 aromatic heterocycles. The van der Waals surface area contributed by atoms with E-state index >= 15 is 0 Å². The van der Waals surface area contributed by atoms with Crippen LogP contribution in [0.4, 0.5) is 4.79 Å². The van der Waals surface area contributed by atoms with Gasteiger partial charge in [-0.05, 0) is 32.4 Å². The highest BCUT2D eigenvalue weighted by Crippen LogP contribution is 2.12. The fourth-order valence-corrected chi connectivity index (χ4v) is 4.52. The fourth-order valence-electron chi connectivity index (χ4n) is 4.52. The van der Waals surface area contributed by atoms with Crippen molar-refractivity contribution < 1.29 is 42.8 Å². The van der Waals surface area contributed by atoms with Crippen LogP contribution in [0, 0.1) is 5.92 Å². The highest BCUT2D eigenvalue weighted by molar-refractivity contribution is 5.69. The summed E-state index contributed by atoms with van der Waals surface area (Å²) >= 11 is 0. The van der Waals surface area contributed by atoms with E-state index in [0.29, 0.717) is 26.1 Å². The number of rotatable bonds is 31. The molecule has 0 aromatic rings. The third-order valence-electron chi connectivity index (χ3n) is 7.36. The molecule has 0 aliphatic carbocycles. The van der Waals surface area contributed by atoms with Gasteiger partial charge in [0.15, 0.2) is 6.29 Å². The SMILES string of the molecule is CCCCCCCCOC(CCC(=O)OCC(COC(C)=O)COC(=O)OCCCN(CC)CC)OCCCCCCCC. The van der Waals surface area contributed by atoms with Crippen molar-refractivity contribution in [3.8, 4) is 0 Å². The van der Waals surface area contributed by atoms with Gasteiger partial charge in [0.25, 0.3) is 0 Å². The average Bonchev–Trinajstić information content (AvgIpc) is 3.01. The maximum Gasteiger partial charge on any atom is 0.508 e. The van der Waals surface area contributed by atoms with Gasteiger partial charge in [0.05, 0.1) is 18.9 Å². The van der Waals surface area contributed by atoms with Gasteiger partial charge < -0.3 is 33.3 Å². The summed E-state index contributed by atoms with van der Waals surface area (Å²) in [4.78, 5) is 38.2. The van der Waals surface area contributed by atoms with E-state index in [-0.39, 0.29) is 32.8 Å². The van der Waals surface area contributed by atoms with Crippen LogP contribution in [0.15, 0.2) is 0 Å². The molecule has 1 unspecified atom stereocenters. The summed E-state index contributed by atoms with van der Waals surface area (Å²) in [6.07, 6.45) is 14.1. The van der Waals surface area contributed by atoms with Crippen molar-refractivity contribution in [2.45, 2.75) is 137 Å². The highest BCUT2D eigenvalue weighted by atomic mass is 16.7. The number of nitrogens with zero attached hydrogens (tertiary/aromatic N) is 1. The van der Waals surface area contributed by atoms with Crippen LogP contribution in [0.3, 0.4) is 0 Å². The van der Waals surface area contributed by atoms with Crippen molar-refractivity contribution >= 4 is 18.1 Å². The minimum atomic E-state index is -0.795. The monoisotopic (exact) mass is 631 g/mol. The zero-order chi connectivity index (χ0) is 32.7. The van der Waals surface area contributed by atoms with E-state index in [1.807, 2.05) is 0 Å². The number of carbonyl (C=O) groups is 3. The first-order valence-electron chi connectivity index (χ1n) is 17.4. The second kappa shape index (κ2) is 31.1. The quantitative estimate of drug-likeness (QED) is 0.0331. The number of carbonyl (C=O) groups excluding carboxylic acids is 3. The van der Waals surface area contributed by atoms with Gasteiger partial charge in [0, 0.05) is 33.1 Å². The molecular formula is C34H65NO9. The first-order valence-corrected chi connectivity index (χ1v) is 17.4. The van der Waals surface area contributed by atoms with Gasteiger partial charge in [-0.3, -0.25) is 9.59 Å². The number of unbranched alkanes of at least 4 members (excludes halogenated alkanes) is 10. The fraction of sp³-hybridized carbons (Fsp3) is 0.912. The lowest BCUT2D eigenvalue weighted by Gasteiger charge is -2.20.